The molecule has 1 aliphatic rings. The Morgan fingerprint density at radius 3 is 3.06 bits per heavy atom. The van der Waals surface area contributed by atoms with Crippen molar-refractivity contribution in [2.45, 2.75) is 38.3 Å². The average molecular weight is 222 g/mol. The van der Waals surface area contributed by atoms with Gasteiger partial charge in [0.1, 0.15) is 0 Å². The fourth-order valence-corrected chi connectivity index (χ4v) is 2.55. The Balaban J connectivity index is 1.98. The molecule has 1 atom stereocenters. The molecule has 2 N–H and O–H groups in total. The summed E-state index contributed by atoms with van der Waals surface area (Å²) in [5, 5.41) is 4.22. The van der Waals surface area contributed by atoms with Crippen LogP contribution in [-0.2, 0) is 13.6 Å². The van der Waals surface area contributed by atoms with Crippen LogP contribution in [0.1, 0.15) is 31.4 Å². The van der Waals surface area contributed by atoms with Crippen molar-refractivity contribution in [3.63, 3.8) is 0 Å². The van der Waals surface area contributed by atoms with Gasteiger partial charge in [-0.05, 0) is 38.4 Å². The molecule has 1 aromatic rings. The Labute approximate surface area is 97.4 Å². The van der Waals surface area contributed by atoms with Gasteiger partial charge in [0.05, 0.1) is 5.69 Å². The molecule has 1 saturated heterocycles. The fraction of sp³-hybridized carbons (Fsp3) is 0.750. The van der Waals surface area contributed by atoms with Crippen LogP contribution in [0.2, 0.25) is 0 Å². The Morgan fingerprint density at radius 2 is 2.38 bits per heavy atom. The van der Waals surface area contributed by atoms with Crippen LogP contribution in [0, 0.1) is 0 Å². The van der Waals surface area contributed by atoms with E-state index >= 15 is 0 Å². The second-order valence-corrected chi connectivity index (χ2v) is 4.64. The van der Waals surface area contributed by atoms with Gasteiger partial charge in [-0.25, -0.2) is 0 Å². The number of hydrogen-bond acceptors (Lipinski definition) is 3. The molecule has 4 nitrogen and oxygen atoms in total. The molecule has 2 rings (SSSR count). The van der Waals surface area contributed by atoms with Gasteiger partial charge in [0.25, 0.3) is 0 Å². The third kappa shape index (κ3) is 2.62. The number of rotatable bonds is 4. The van der Waals surface area contributed by atoms with E-state index < -0.39 is 0 Å². The first kappa shape index (κ1) is 11.6. The molecule has 1 aromatic heterocycles. The highest BCUT2D eigenvalue weighted by molar-refractivity contribution is 5.00. The lowest BCUT2D eigenvalue weighted by Gasteiger charge is -2.35. The standard InChI is InChI=1S/C12H22N4/c1-15-12(6-8-14-15)10-16-9-3-2-4-11(16)5-7-13/h6,8,11H,2-5,7,9-10,13H2,1H3. The quantitative estimate of drug-likeness (QED) is 0.830. The Morgan fingerprint density at radius 1 is 1.50 bits per heavy atom. The number of hydrogen-bond donors (Lipinski definition) is 1. The van der Waals surface area contributed by atoms with Gasteiger partial charge in [-0.15, -0.1) is 0 Å². The lowest BCUT2D eigenvalue weighted by atomic mass is 9.99. The fourth-order valence-electron chi connectivity index (χ4n) is 2.55. The van der Waals surface area contributed by atoms with Crippen molar-refractivity contribution in [3.8, 4) is 0 Å². The first-order chi connectivity index (χ1) is 7.81. The highest BCUT2D eigenvalue weighted by Crippen LogP contribution is 2.21. The summed E-state index contributed by atoms with van der Waals surface area (Å²) >= 11 is 0. The van der Waals surface area contributed by atoms with Crippen molar-refractivity contribution in [3.05, 3.63) is 18.0 Å². The largest absolute Gasteiger partial charge is 0.330 e. The van der Waals surface area contributed by atoms with Crippen molar-refractivity contribution in [1.82, 2.24) is 14.7 Å². The van der Waals surface area contributed by atoms with E-state index in [2.05, 4.69) is 16.1 Å². The first-order valence-corrected chi connectivity index (χ1v) is 6.22. The molecule has 0 radical (unpaired) electrons. The molecule has 0 aliphatic carbocycles. The molecule has 0 amide bonds. The SMILES string of the molecule is Cn1nccc1CN1CCCCC1CCN. The predicted molar refractivity (Wildman–Crippen MR) is 64.9 cm³/mol. The molecule has 1 unspecified atom stereocenters. The van der Waals surface area contributed by atoms with Crippen LogP contribution in [0.3, 0.4) is 0 Å². The second kappa shape index (κ2) is 5.46. The average Bonchev–Trinajstić information content (AvgIpc) is 2.68. The molecule has 4 heteroatoms. The van der Waals surface area contributed by atoms with Gasteiger partial charge in [0.2, 0.25) is 0 Å². The van der Waals surface area contributed by atoms with Crippen molar-refractivity contribution in [1.29, 1.82) is 0 Å². The van der Waals surface area contributed by atoms with Crippen LogP contribution in [0.5, 0.6) is 0 Å². The van der Waals surface area contributed by atoms with E-state index in [0.717, 1.165) is 19.5 Å². The van der Waals surface area contributed by atoms with Crippen LogP contribution in [-0.4, -0.2) is 33.8 Å². The maximum atomic E-state index is 5.68. The van der Waals surface area contributed by atoms with Gasteiger partial charge in [-0.1, -0.05) is 6.42 Å². The van der Waals surface area contributed by atoms with Crippen LogP contribution in [0.4, 0.5) is 0 Å². The van der Waals surface area contributed by atoms with E-state index in [1.807, 2.05) is 17.9 Å². The van der Waals surface area contributed by atoms with Gasteiger partial charge in [0, 0.05) is 25.8 Å². The molecule has 0 aromatic carbocycles. The summed E-state index contributed by atoms with van der Waals surface area (Å²) in [6.07, 6.45) is 6.97. The van der Waals surface area contributed by atoms with Crippen LogP contribution >= 0.6 is 0 Å². The molecule has 0 spiro atoms. The van der Waals surface area contributed by atoms with E-state index in [1.54, 1.807) is 0 Å². The summed E-state index contributed by atoms with van der Waals surface area (Å²) in [6.45, 7) is 3.02. The van der Waals surface area contributed by atoms with Gasteiger partial charge in [-0.2, -0.15) is 5.10 Å². The normalized spacial score (nSPS) is 22.5. The smallest absolute Gasteiger partial charge is 0.0521 e. The highest BCUT2D eigenvalue weighted by atomic mass is 15.3. The third-order valence-corrected chi connectivity index (χ3v) is 3.54. The molecule has 1 aliphatic heterocycles. The Kier molecular flexibility index (Phi) is 3.96. The molecule has 90 valence electrons. The van der Waals surface area contributed by atoms with Crippen LogP contribution in [0.15, 0.2) is 12.3 Å². The Hall–Kier alpha value is -0.870. The van der Waals surface area contributed by atoms with E-state index in [0.29, 0.717) is 6.04 Å². The summed E-state index contributed by atoms with van der Waals surface area (Å²) < 4.78 is 1.97. The van der Waals surface area contributed by atoms with Gasteiger partial charge < -0.3 is 5.73 Å². The van der Waals surface area contributed by atoms with E-state index in [9.17, 15) is 0 Å². The lowest BCUT2D eigenvalue weighted by molar-refractivity contribution is 0.131. The molecular weight excluding hydrogens is 200 g/mol. The number of likely N-dealkylation sites (tertiary alicyclic amines) is 1. The number of nitrogens with zero attached hydrogens (tertiary/aromatic N) is 3. The van der Waals surface area contributed by atoms with Gasteiger partial charge in [0.15, 0.2) is 0 Å². The minimum absolute atomic E-state index is 0.675. The molecule has 0 saturated carbocycles. The summed E-state index contributed by atoms with van der Waals surface area (Å²) in [7, 11) is 2.01. The van der Waals surface area contributed by atoms with Crippen LogP contribution in [0.25, 0.3) is 0 Å². The minimum Gasteiger partial charge on any atom is -0.330 e. The number of piperidine rings is 1. The highest BCUT2D eigenvalue weighted by Gasteiger charge is 2.22. The number of aromatic nitrogens is 2. The summed E-state index contributed by atoms with van der Waals surface area (Å²) in [5.74, 6) is 0. The van der Waals surface area contributed by atoms with E-state index in [-0.39, 0.29) is 0 Å². The zero-order chi connectivity index (χ0) is 11.4. The predicted octanol–water partition coefficient (Wildman–Crippen LogP) is 1.12. The molecular formula is C12H22N4. The summed E-state index contributed by atoms with van der Waals surface area (Å²) in [4.78, 5) is 2.56. The van der Waals surface area contributed by atoms with Gasteiger partial charge in [-0.3, -0.25) is 9.58 Å². The lowest BCUT2D eigenvalue weighted by Crippen LogP contribution is -2.40. The van der Waals surface area contributed by atoms with Crippen molar-refractivity contribution in [2.75, 3.05) is 13.1 Å². The molecule has 16 heavy (non-hydrogen) atoms. The summed E-state index contributed by atoms with van der Waals surface area (Å²) in [6, 6.07) is 2.78. The molecule has 1 fully saturated rings. The van der Waals surface area contributed by atoms with E-state index in [4.69, 9.17) is 5.73 Å². The molecule has 0 bridgehead atoms. The number of nitrogens with two attached hydrogens (primary N) is 1. The zero-order valence-corrected chi connectivity index (χ0v) is 10.1. The summed E-state index contributed by atoms with van der Waals surface area (Å²) in [5.41, 5.74) is 6.98. The Bertz CT molecular complexity index is 319. The molecule has 2 heterocycles. The van der Waals surface area contributed by atoms with E-state index in [1.165, 1.54) is 31.5 Å². The van der Waals surface area contributed by atoms with Crippen molar-refractivity contribution in [2.24, 2.45) is 12.8 Å². The second-order valence-electron chi connectivity index (χ2n) is 4.64. The topological polar surface area (TPSA) is 47.1 Å². The maximum absolute atomic E-state index is 5.68. The third-order valence-electron chi connectivity index (χ3n) is 3.54. The van der Waals surface area contributed by atoms with Crippen LogP contribution < -0.4 is 5.73 Å². The minimum atomic E-state index is 0.675. The zero-order valence-electron chi connectivity index (χ0n) is 10.1. The number of aryl methyl sites for hydroxylation is 1. The monoisotopic (exact) mass is 222 g/mol. The maximum Gasteiger partial charge on any atom is 0.0521 e. The van der Waals surface area contributed by atoms with Crippen molar-refractivity contribution >= 4 is 0 Å². The van der Waals surface area contributed by atoms with Gasteiger partial charge >= 0.3 is 0 Å². The van der Waals surface area contributed by atoms with Crippen molar-refractivity contribution < 1.29 is 0 Å². The first-order valence-electron chi connectivity index (χ1n) is 6.22.